The van der Waals surface area contributed by atoms with Crippen molar-refractivity contribution in [2.75, 3.05) is 13.6 Å². The highest BCUT2D eigenvalue weighted by Crippen LogP contribution is 2.25. The Kier molecular flexibility index (Phi) is 3.72. The molecule has 0 bridgehead atoms. The van der Waals surface area contributed by atoms with Gasteiger partial charge in [-0.2, -0.15) is 0 Å². The van der Waals surface area contributed by atoms with E-state index in [4.69, 9.17) is 0 Å². The third kappa shape index (κ3) is 2.77. The second-order valence-electron chi connectivity index (χ2n) is 3.43. The van der Waals surface area contributed by atoms with E-state index >= 15 is 0 Å². The molecule has 2 aromatic rings. The quantitative estimate of drug-likeness (QED) is 0.873. The first-order valence-electron chi connectivity index (χ1n) is 4.99. The number of aromatic nitrogens is 1. The standard InChI is InChI=1S/C11H13BrN2S/c1-13-6-2-3-11-14-9-5-4-8(12)7-10(9)15-11/h4-5,7,13H,2-3,6H2,1H3. The summed E-state index contributed by atoms with van der Waals surface area (Å²) in [7, 11) is 1.98. The van der Waals surface area contributed by atoms with Crippen LogP contribution < -0.4 is 5.32 Å². The van der Waals surface area contributed by atoms with Crippen molar-refractivity contribution in [3.05, 3.63) is 27.7 Å². The number of halogens is 1. The number of thiazole rings is 1. The van der Waals surface area contributed by atoms with E-state index in [-0.39, 0.29) is 0 Å². The maximum atomic E-state index is 4.60. The molecule has 0 amide bonds. The zero-order valence-corrected chi connectivity index (χ0v) is 11.0. The molecule has 0 fully saturated rings. The van der Waals surface area contributed by atoms with Gasteiger partial charge in [0.1, 0.15) is 0 Å². The van der Waals surface area contributed by atoms with Crippen LogP contribution in [0.2, 0.25) is 0 Å². The van der Waals surface area contributed by atoms with Gasteiger partial charge in [0.2, 0.25) is 0 Å². The Hall–Kier alpha value is -0.450. The summed E-state index contributed by atoms with van der Waals surface area (Å²) in [6.07, 6.45) is 2.22. The van der Waals surface area contributed by atoms with E-state index in [1.165, 1.54) is 9.71 Å². The molecular formula is C11H13BrN2S. The molecule has 1 aromatic heterocycles. The number of aryl methyl sites for hydroxylation is 1. The summed E-state index contributed by atoms with van der Waals surface area (Å²) >= 11 is 5.27. The molecule has 4 heteroatoms. The summed E-state index contributed by atoms with van der Waals surface area (Å²) in [6.45, 7) is 1.06. The lowest BCUT2D eigenvalue weighted by molar-refractivity contribution is 0.723. The Morgan fingerprint density at radius 1 is 1.47 bits per heavy atom. The topological polar surface area (TPSA) is 24.9 Å². The summed E-state index contributed by atoms with van der Waals surface area (Å²) in [6, 6.07) is 6.24. The van der Waals surface area contributed by atoms with Crippen LogP contribution in [0.25, 0.3) is 10.2 Å². The number of nitrogens with one attached hydrogen (secondary N) is 1. The van der Waals surface area contributed by atoms with E-state index in [2.05, 4.69) is 38.4 Å². The molecule has 1 heterocycles. The number of hydrogen-bond donors (Lipinski definition) is 1. The maximum absolute atomic E-state index is 4.60. The lowest BCUT2D eigenvalue weighted by Gasteiger charge is -1.94. The highest BCUT2D eigenvalue weighted by molar-refractivity contribution is 9.10. The van der Waals surface area contributed by atoms with E-state index in [1.807, 2.05) is 13.1 Å². The first kappa shape index (κ1) is 11.0. The Balaban J connectivity index is 2.16. The SMILES string of the molecule is CNCCCc1nc2ccc(Br)cc2s1. The van der Waals surface area contributed by atoms with Crippen LogP contribution in [0, 0.1) is 0 Å². The minimum Gasteiger partial charge on any atom is -0.320 e. The predicted molar refractivity (Wildman–Crippen MR) is 69.6 cm³/mol. The summed E-state index contributed by atoms with van der Waals surface area (Å²) in [5.41, 5.74) is 1.11. The molecule has 2 rings (SSSR count). The van der Waals surface area contributed by atoms with Gasteiger partial charge in [-0.3, -0.25) is 0 Å². The van der Waals surface area contributed by atoms with Crippen LogP contribution in [0.5, 0.6) is 0 Å². The Labute approximate surface area is 102 Å². The van der Waals surface area contributed by atoms with Crippen LogP contribution >= 0.6 is 27.3 Å². The minimum atomic E-state index is 1.06. The summed E-state index contributed by atoms with van der Waals surface area (Å²) in [4.78, 5) is 4.60. The van der Waals surface area contributed by atoms with E-state index < -0.39 is 0 Å². The van der Waals surface area contributed by atoms with Crippen LogP contribution in [0.3, 0.4) is 0 Å². The Morgan fingerprint density at radius 3 is 3.13 bits per heavy atom. The van der Waals surface area contributed by atoms with Gasteiger partial charge in [0.25, 0.3) is 0 Å². The molecule has 1 aromatic carbocycles. The lowest BCUT2D eigenvalue weighted by Crippen LogP contribution is -2.08. The molecule has 0 saturated carbocycles. The molecule has 0 aliphatic heterocycles. The monoisotopic (exact) mass is 284 g/mol. The minimum absolute atomic E-state index is 1.06. The first-order valence-corrected chi connectivity index (χ1v) is 6.60. The van der Waals surface area contributed by atoms with Crippen LogP contribution in [-0.2, 0) is 6.42 Å². The van der Waals surface area contributed by atoms with Gasteiger partial charge in [-0.15, -0.1) is 11.3 Å². The summed E-state index contributed by atoms with van der Waals surface area (Å²) in [5.74, 6) is 0. The molecule has 80 valence electrons. The van der Waals surface area contributed by atoms with E-state index in [9.17, 15) is 0 Å². The predicted octanol–water partition coefficient (Wildman–Crippen LogP) is 3.21. The van der Waals surface area contributed by atoms with Gasteiger partial charge in [0.15, 0.2) is 0 Å². The van der Waals surface area contributed by atoms with Gasteiger partial charge in [-0.05, 0) is 38.2 Å². The molecule has 0 saturated heterocycles. The number of hydrogen-bond acceptors (Lipinski definition) is 3. The molecule has 0 spiro atoms. The lowest BCUT2D eigenvalue weighted by atomic mass is 10.3. The van der Waals surface area contributed by atoms with Crippen LogP contribution in [-0.4, -0.2) is 18.6 Å². The number of fused-ring (bicyclic) bond motifs is 1. The summed E-state index contributed by atoms with van der Waals surface area (Å²) in [5, 5.41) is 4.38. The fraction of sp³-hybridized carbons (Fsp3) is 0.364. The van der Waals surface area contributed by atoms with Crippen LogP contribution in [0.1, 0.15) is 11.4 Å². The van der Waals surface area contributed by atoms with E-state index in [1.54, 1.807) is 11.3 Å². The van der Waals surface area contributed by atoms with Crippen molar-refractivity contribution in [2.45, 2.75) is 12.8 Å². The van der Waals surface area contributed by atoms with Gasteiger partial charge in [0.05, 0.1) is 15.2 Å². The maximum Gasteiger partial charge on any atom is 0.0939 e. The number of benzene rings is 1. The molecule has 15 heavy (non-hydrogen) atoms. The van der Waals surface area contributed by atoms with Crippen molar-refractivity contribution in [1.29, 1.82) is 0 Å². The highest BCUT2D eigenvalue weighted by atomic mass is 79.9. The molecule has 0 atom stereocenters. The van der Waals surface area contributed by atoms with Crippen molar-refractivity contribution >= 4 is 37.5 Å². The van der Waals surface area contributed by atoms with Crippen molar-refractivity contribution in [3.63, 3.8) is 0 Å². The third-order valence-electron chi connectivity index (χ3n) is 2.21. The van der Waals surface area contributed by atoms with E-state index in [0.717, 1.165) is 29.4 Å². The Morgan fingerprint density at radius 2 is 2.33 bits per heavy atom. The molecule has 1 N–H and O–H groups in total. The Bertz CT molecular complexity index is 453. The van der Waals surface area contributed by atoms with Gasteiger partial charge >= 0.3 is 0 Å². The first-order chi connectivity index (χ1) is 7.29. The highest BCUT2D eigenvalue weighted by Gasteiger charge is 2.03. The average Bonchev–Trinajstić information content (AvgIpc) is 2.60. The van der Waals surface area contributed by atoms with Crippen molar-refractivity contribution in [1.82, 2.24) is 10.3 Å². The fourth-order valence-electron chi connectivity index (χ4n) is 1.47. The molecule has 0 aliphatic rings. The number of rotatable bonds is 4. The molecule has 0 radical (unpaired) electrons. The second kappa shape index (κ2) is 5.05. The molecule has 0 aliphatic carbocycles. The molecule has 0 unspecified atom stereocenters. The van der Waals surface area contributed by atoms with Gasteiger partial charge in [-0.1, -0.05) is 15.9 Å². The largest absolute Gasteiger partial charge is 0.320 e. The van der Waals surface area contributed by atoms with Gasteiger partial charge in [0, 0.05) is 10.9 Å². The van der Waals surface area contributed by atoms with Crippen molar-refractivity contribution in [3.8, 4) is 0 Å². The molecule has 2 nitrogen and oxygen atoms in total. The van der Waals surface area contributed by atoms with Gasteiger partial charge in [-0.25, -0.2) is 4.98 Å². The fourth-order valence-corrected chi connectivity index (χ4v) is 3.03. The van der Waals surface area contributed by atoms with Crippen LogP contribution in [0.4, 0.5) is 0 Å². The normalized spacial score (nSPS) is 11.1. The van der Waals surface area contributed by atoms with Crippen molar-refractivity contribution in [2.24, 2.45) is 0 Å². The average molecular weight is 285 g/mol. The van der Waals surface area contributed by atoms with E-state index in [0.29, 0.717) is 0 Å². The molecular weight excluding hydrogens is 272 g/mol. The van der Waals surface area contributed by atoms with Crippen molar-refractivity contribution < 1.29 is 0 Å². The second-order valence-corrected chi connectivity index (χ2v) is 5.46. The smallest absolute Gasteiger partial charge is 0.0939 e. The third-order valence-corrected chi connectivity index (χ3v) is 3.78. The van der Waals surface area contributed by atoms with Gasteiger partial charge < -0.3 is 5.32 Å². The zero-order valence-electron chi connectivity index (χ0n) is 8.59. The van der Waals surface area contributed by atoms with Crippen LogP contribution in [0.15, 0.2) is 22.7 Å². The zero-order chi connectivity index (χ0) is 10.7. The summed E-state index contributed by atoms with van der Waals surface area (Å²) < 4.78 is 2.39. The number of nitrogens with zero attached hydrogens (tertiary/aromatic N) is 1.